The molecule has 0 aliphatic heterocycles. The Balaban J connectivity index is 1.87. The fourth-order valence-electron chi connectivity index (χ4n) is 2.88. The summed E-state index contributed by atoms with van der Waals surface area (Å²) in [7, 11) is 1.93. The van der Waals surface area contributed by atoms with Gasteiger partial charge in [-0.05, 0) is 62.9 Å². The van der Waals surface area contributed by atoms with Gasteiger partial charge in [-0.2, -0.15) is 0 Å². The van der Waals surface area contributed by atoms with Crippen molar-refractivity contribution in [3.63, 3.8) is 0 Å². The average Bonchev–Trinajstić information content (AvgIpc) is 2.50. The van der Waals surface area contributed by atoms with E-state index in [1.54, 1.807) is 0 Å². The van der Waals surface area contributed by atoms with E-state index in [1.807, 2.05) is 26.2 Å². The summed E-state index contributed by atoms with van der Waals surface area (Å²) in [5.74, 6) is 1.83. The summed E-state index contributed by atoms with van der Waals surface area (Å²) in [4.78, 5) is 4.35. The Morgan fingerprint density at radius 2 is 1.95 bits per heavy atom. The fraction of sp³-hybridized carbons (Fsp3) is 0.389. The molecule has 110 valence electrons. The van der Waals surface area contributed by atoms with Crippen LogP contribution in [0.15, 0.2) is 30.5 Å². The van der Waals surface area contributed by atoms with E-state index in [0.29, 0.717) is 0 Å². The zero-order valence-electron chi connectivity index (χ0n) is 12.8. The fourth-order valence-corrected chi connectivity index (χ4v) is 2.88. The molecule has 1 N–H and O–H groups in total. The van der Waals surface area contributed by atoms with Crippen LogP contribution in [0.3, 0.4) is 0 Å². The first-order valence-corrected chi connectivity index (χ1v) is 7.66. The molecular weight excluding hydrogens is 260 g/mol. The lowest BCUT2D eigenvalue weighted by Gasteiger charge is -2.17. The molecule has 0 fully saturated rings. The van der Waals surface area contributed by atoms with E-state index >= 15 is 0 Å². The van der Waals surface area contributed by atoms with Gasteiger partial charge in [-0.15, -0.1) is 0 Å². The summed E-state index contributed by atoms with van der Waals surface area (Å²) >= 11 is 0. The van der Waals surface area contributed by atoms with Gasteiger partial charge >= 0.3 is 0 Å². The minimum Gasteiger partial charge on any atom is -0.457 e. The Kier molecular flexibility index (Phi) is 4.20. The Morgan fingerprint density at radius 1 is 1.14 bits per heavy atom. The van der Waals surface area contributed by atoms with Crippen LogP contribution in [0.1, 0.15) is 35.2 Å². The van der Waals surface area contributed by atoms with Crippen LogP contribution < -0.4 is 10.1 Å². The van der Waals surface area contributed by atoms with Gasteiger partial charge in [0, 0.05) is 30.1 Å². The molecule has 0 atom stereocenters. The molecule has 0 radical (unpaired) electrons. The van der Waals surface area contributed by atoms with E-state index in [4.69, 9.17) is 4.74 Å². The highest BCUT2D eigenvalue weighted by molar-refractivity contribution is 5.42. The smallest absolute Gasteiger partial charge is 0.135 e. The third-order valence-corrected chi connectivity index (χ3v) is 4.00. The predicted molar refractivity (Wildman–Crippen MR) is 84.9 cm³/mol. The average molecular weight is 282 g/mol. The SMILES string of the molecule is CNCc1cnc(C)cc1Oc1ccc2c(c1)CCCC2. The van der Waals surface area contributed by atoms with Crippen LogP contribution in [-0.2, 0) is 19.4 Å². The zero-order valence-corrected chi connectivity index (χ0v) is 12.8. The number of fused-ring (bicyclic) bond motifs is 1. The van der Waals surface area contributed by atoms with Gasteiger partial charge in [0.25, 0.3) is 0 Å². The number of rotatable bonds is 4. The molecular formula is C18H22N2O. The molecule has 2 aromatic rings. The first kappa shape index (κ1) is 14.1. The number of aryl methyl sites for hydroxylation is 3. The third-order valence-electron chi connectivity index (χ3n) is 4.00. The van der Waals surface area contributed by atoms with Crippen LogP contribution in [0, 0.1) is 6.92 Å². The minimum atomic E-state index is 0.757. The van der Waals surface area contributed by atoms with Crippen molar-refractivity contribution < 1.29 is 4.74 Å². The highest BCUT2D eigenvalue weighted by atomic mass is 16.5. The molecule has 0 unspecified atom stereocenters. The van der Waals surface area contributed by atoms with Gasteiger partial charge in [0.05, 0.1) is 0 Å². The van der Waals surface area contributed by atoms with E-state index in [9.17, 15) is 0 Å². The standard InChI is InChI=1S/C18H22N2O/c1-13-9-18(16(11-19-2)12-20-13)21-17-8-7-14-5-3-4-6-15(14)10-17/h7-10,12,19H,3-6,11H2,1-2H3. The van der Waals surface area contributed by atoms with Crippen molar-refractivity contribution in [1.82, 2.24) is 10.3 Å². The topological polar surface area (TPSA) is 34.2 Å². The van der Waals surface area contributed by atoms with Crippen LogP contribution in [0.4, 0.5) is 0 Å². The van der Waals surface area contributed by atoms with Crippen LogP contribution in [0.5, 0.6) is 11.5 Å². The van der Waals surface area contributed by atoms with E-state index in [-0.39, 0.29) is 0 Å². The second-order valence-corrected chi connectivity index (χ2v) is 5.70. The normalized spacial score (nSPS) is 13.8. The van der Waals surface area contributed by atoms with Gasteiger partial charge in [-0.25, -0.2) is 0 Å². The van der Waals surface area contributed by atoms with Crippen LogP contribution in [0.25, 0.3) is 0 Å². The Hall–Kier alpha value is -1.87. The van der Waals surface area contributed by atoms with Crippen molar-refractivity contribution in [2.75, 3.05) is 7.05 Å². The van der Waals surface area contributed by atoms with Crippen molar-refractivity contribution in [1.29, 1.82) is 0 Å². The zero-order chi connectivity index (χ0) is 14.7. The first-order valence-electron chi connectivity index (χ1n) is 7.66. The lowest BCUT2D eigenvalue weighted by molar-refractivity contribution is 0.471. The highest BCUT2D eigenvalue weighted by Gasteiger charge is 2.11. The van der Waals surface area contributed by atoms with Gasteiger partial charge < -0.3 is 10.1 Å². The summed E-state index contributed by atoms with van der Waals surface area (Å²) in [6.07, 6.45) is 6.86. The molecule has 21 heavy (non-hydrogen) atoms. The summed E-state index contributed by atoms with van der Waals surface area (Å²) in [5, 5.41) is 3.16. The molecule has 3 rings (SSSR count). The molecule has 0 amide bonds. The number of ether oxygens (including phenoxy) is 1. The van der Waals surface area contributed by atoms with Crippen molar-refractivity contribution in [2.45, 2.75) is 39.2 Å². The number of hydrogen-bond donors (Lipinski definition) is 1. The van der Waals surface area contributed by atoms with Gasteiger partial charge in [0.2, 0.25) is 0 Å². The summed E-state index contributed by atoms with van der Waals surface area (Å²) in [6, 6.07) is 8.51. The predicted octanol–water partition coefficient (Wildman–Crippen LogP) is 3.78. The van der Waals surface area contributed by atoms with Gasteiger partial charge in [-0.1, -0.05) is 6.07 Å². The molecule has 0 saturated carbocycles. The highest BCUT2D eigenvalue weighted by Crippen LogP contribution is 2.30. The van der Waals surface area contributed by atoms with Gasteiger partial charge in [0.1, 0.15) is 11.5 Å². The van der Waals surface area contributed by atoms with Crippen molar-refractivity contribution >= 4 is 0 Å². The maximum atomic E-state index is 6.13. The van der Waals surface area contributed by atoms with Crippen LogP contribution in [0.2, 0.25) is 0 Å². The molecule has 1 heterocycles. The lowest BCUT2D eigenvalue weighted by atomic mass is 9.92. The largest absolute Gasteiger partial charge is 0.457 e. The van der Waals surface area contributed by atoms with Gasteiger partial charge in [-0.3, -0.25) is 4.98 Å². The van der Waals surface area contributed by atoms with Crippen molar-refractivity contribution in [3.8, 4) is 11.5 Å². The van der Waals surface area contributed by atoms with E-state index in [1.165, 1.54) is 36.8 Å². The molecule has 0 spiro atoms. The van der Waals surface area contributed by atoms with Gasteiger partial charge in [0.15, 0.2) is 0 Å². The number of hydrogen-bond acceptors (Lipinski definition) is 3. The molecule has 1 aliphatic rings. The monoisotopic (exact) mass is 282 g/mol. The minimum absolute atomic E-state index is 0.757. The van der Waals surface area contributed by atoms with Crippen LogP contribution >= 0.6 is 0 Å². The third kappa shape index (κ3) is 3.24. The second kappa shape index (κ2) is 6.27. The van der Waals surface area contributed by atoms with E-state index in [2.05, 4.69) is 28.5 Å². The van der Waals surface area contributed by atoms with Crippen molar-refractivity contribution in [2.24, 2.45) is 0 Å². The number of benzene rings is 1. The maximum absolute atomic E-state index is 6.13. The number of nitrogens with zero attached hydrogens (tertiary/aromatic N) is 1. The molecule has 1 aromatic carbocycles. The number of pyridine rings is 1. The Bertz CT molecular complexity index is 637. The summed E-state index contributed by atoms with van der Waals surface area (Å²) in [6.45, 7) is 2.75. The van der Waals surface area contributed by atoms with E-state index < -0.39 is 0 Å². The molecule has 3 heteroatoms. The molecule has 0 saturated heterocycles. The van der Waals surface area contributed by atoms with Crippen LogP contribution in [-0.4, -0.2) is 12.0 Å². The molecule has 1 aliphatic carbocycles. The quantitative estimate of drug-likeness (QED) is 0.926. The van der Waals surface area contributed by atoms with E-state index in [0.717, 1.165) is 29.3 Å². The Labute approximate surface area is 126 Å². The summed E-state index contributed by atoms with van der Waals surface area (Å²) in [5.41, 5.74) is 4.98. The summed E-state index contributed by atoms with van der Waals surface area (Å²) < 4.78 is 6.13. The Morgan fingerprint density at radius 3 is 2.76 bits per heavy atom. The maximum Gasteiger partial charge on any atom is 0.135 e. The molecule has 3 nitrogen and oxygen atoms in total. The number of nitrogens with one attached hydrogen (secondary N) is 1. The lowest BCUT2D eigenvalue weighted by Crippen LogP contribution is -2.07. The first-order chi connectivity index (χ1) is 10.3. The van der Waals surface area contributed by atoms with Crippen molar-refractivity contribution in [3.05, 3.63) is 52.8 Å². The second-order valence-electron chi connectivity index (χ2n) is 5.70. The number of aromatic nitrogens is 1. The molecule has 1 aromatic heterocycles. The molecule has 0 bridgehead atoms.